The normalized spacial score (nSPS) is 11.9. The van der Waals surface area contributed by atoms with E-state index in [9.17, 15) is 0 Å². The van der Waals surface area contributed by atoms with E-state index in [1.54, 1.807) is 6.20 Å². The van der Waals surface area contributed by atoms with Gasteiger partial charge in [-0.1, -0.05) is 20.8 Å². The van der Waals surface area contributed by atoms with E-state index in [0.29, 0.717) is 5.19 Å². The van der Waals surface area contributed by atoms with Gasteiger partial charge in [-0.2, -0.15) is 4.98 Å². The highest BCUT2D eigenvalue weighted by atomic mass is 32.1. The van der Waals surface area contributed by atoms with E-state index in [-0.39, 0.29) is 5.41 Å². The molecule has 0 saturated carbocycles. The van der Waals surface area contributed by atoms with Crippen LogP contribution in [0, 0.1) is 0 Å². The van der Waals surface area contributed by atoms with Gasteiger partial charge >= 0.3 is 5.19 Å². The van der Waals surface area contributed by atoms with Crippen LogP contribution in [0.4, 0.5) is 0 Å². The summed E-state index contributed by atoms with van der Waals surface area (Å²) in [5, 5.41) is 7.61. The molecule has 10 heavy (non-hydrogen) atoms. The molecule has 1 aromatic rings. The average Bonchev–Trinajstić information content (AvgIpc) is 2.11. The summed E-state index contributed by atoms with van der Waals surface area (Å²) in [4.78, 5) is 5.05. The summed E-state index contributed by atoms with van der Waals surface area (Å²) in [7, 11) is 0. The smallest absolute Gasteiger partial charge is 0.419 e. The van der Waals surface area contributed by atoms with Crippen LogP contribution in [0.5, 0.6) is 5.19 Å². The third kappa shape index (κ3) is 1.48. The minimum atomic E-state index is 0.150. The van der Waals surface area contributed by atoms with Crippen molar-refractivity contribution < 1.29 is 5.11 Å². The standard InChI is InChI=1S/C7H11NOS/c1-7(2,3)5-4-8-6(9)10-5/h4H,1-3H3,(H,8,9)/p+1. The predicted molar refractivity (Wildman–Crippen MR) is 43.9 cm³/mol. The zero-order valence-electron chi connectivity index (χ0n) is 6.43. The summed E-state index contributed by atoms with van der Waals surface area (Å²) in [6.45, 7) is 6.37. The van der Waals surface area contributed by atoms with Crippen LogP contribution in [0.1, 0.15) is 25.6 Å². The van der Waals surface area contributed by atoms with Gasteiger partial charge in [-0.05, 0) is 16.8 Å². The van der Waals surface area contributed by atoms with Crippen molar-refractivity contribution in [2.24, 2.45) is 0 Å². The third-order valence-corrected chi connectivity index (χ3v) is 2.48. The van der Waals surface area contributed by atoms with Gasteiger partial charge in [0.25, 0.3) is 0 Å². The highest BCUT2D eigenvalue weighted by molar-refractivity contribution is 7.13. The molecule has 2 nitrogen and oxygen atoms in total. The summed E-state index contributed by atoms with van der Waals surface area (Å²) in [5.74, 6) is 0. The molecule has 56 valence electrons. The van der Waals surface area contributed by atoms with Crippen LogP contribution in [-0.4, -0.2) is 10.1 Å². The van der Waals surface area contributed by atoms with E-state index >= 15 is 0 Å². The maximum Gasteiger partial charge on any atom is 0.419 e. The van der Waals surface area contributed by atoms with Crippen molar-refractivity contribution in [3.63, 3.8) is 0 Å². The van der Waals surface area contributed by atoms with E-state index in [4.69, 9.17) is 5.11 Å². The number of hydrogen-bond acceptors (Lipinski definition) is 2. The Kier molecular flexibility index (Phi) is 1.68. The molecule has 0 aliphatic rings. The Bertz CT molecular complexity index is 224. The van der Waals surface area contributed by atoms with E-state index in [2.05, 4.69) is 25.8 Å². The van der Waals surface area contributed by atoms with Crippen molar-refractivity contribution in [3.05, 3.63) is 11.1 Å². The van der Waals surface area contributed by atoms with E-state index in [0.717, 1.165) is 0 Å². The average molecular weight is 158 g/mol. The zero-order valence-corrected chi connectivity index (χ0v) is 7.25. The SMILES string of the molecule is CC(C)(C)c1cnc([OH2+])s1. The fraction of sp³-hybridized carbons (Fsp3) is 0.571. The molecule has 1 aromatic heterocycles. The number of hydrogen-bond donors (Lipinski definition) is 0. The van der Waals surface area contributed by atoms with Crippen LogP contribution in [0.25, 0.3) is 0 Å². The number of thiazole rings is 1. The van der Waals surface area contributed by atoms with Gasteiger partial charge in [0, 0.05) is 4.88 Å². The molecule has 0 aliphatic heterocycles. The number of nitrogens with zero attached hydrogens (tertiary/aromatic N) is 1. The van der Waals surface area contributed by atoms with Gasteiger partial charge in [0.05, 0.1) is 6.20 Å². The molecule has 3 heteroatoms. The molecule has 1 rings (SSSR count). The summed E-state index contributed by atoms with van der Waals surface area (Å²) in [6, 6.07) is 0. The Morgan fingerprint density at radius 2 is 2.10 bits per heavy atom. The lowest BCUT2D eigenvalue weighted by Gasteiger charge is -2.13. The molecule has 0 bridgehead atoms. The van der Waals surface area contributed by atoms with Gasteiger partial charge in [0.2, 0.25) is 0 Å². The Morgan fingerprint density at radius 3 is 2.30 bits per heavy atom. The highest BCUT2D eigenvalue weighted by Crippen LogP contribution is 2.30. The Morgan fingerprint density at radius 1 is 1.50 bits per heavy atom. The van der Waals surface area contributed by atoms with Crippen LogP contribution in [-0.2, 0) is 5.41 Å². The van der Waals surface area contributed by atoms with Gasteiger partial charge in [0.1, 0.15) is 0 Å². The lowest BCUT2D eigenvalue weighted by molar-refractivity contribution is 0.471. The minimum Gasteiger partial charge on any atom is -0.571 e. The first-order chi connectivity index (χ1) is 4.50. The lowest BCUT2D eigenvalue weighted by Crippen LogP contribution is -2.07. The molecule has 0 atom stereocenters. The molecule has 0 fully saturated rings. The van der Waals surface area contributed by atoms with E-state index in [1.807, 2.05) is 0 Å². The molecule has 2 N–H and O–H groups in total. The second kappa shape index (κ2) is 2.23. The molecule has 0 amide bonds. The largest absolute Gasteiger partial charge is 0.571 e. The van der Waals surface area contributed by atoms with Gasteiger partial charge in [-0.15, -0.1) is 0 Å². The van der Waals surface area contributed by atoms with Gasteiger partial charge in [0.15, 0.2) is 0 Å². The van der Waals surface area contributed by atoms with Crippen molar-refractivity contribution in [2.45, 2.75) is 26.2 Å². The quantitative estimate of drug-likeness (QED) is 0.531. The second-order valence-corrected chi connectivity index (χ2v) is 4.31. The van der Waals surface area contributed by atoms with Crippen LogP contribution < -0.4 is 0 Å². The zero-order chi connectivity index (χ0) is 7.78. The molecular weight excluding hydrogens is 146 g/mol. The molecule has 1 heterocycles. The summed E-state index contributed by atoms with van der Waals surface area (Å²) in [5.41, 5.74) is 0.150. The minimum absolute atomic E-state index is 0.150. The Balaban J connectivity index is 2.96. The van der Waals surface area contributed by atoms with Crippen molar-refractivity contribution in [2.75, 3.05) is 0 Å². The summed E-state index contributed by atoms with van der Waals surface area (Å²) in [6.07, 6.45) is 1.78. The van der Waals surface area contributed by atoms with Gasteiger partial charge < -0.3 is 5.11 Å². The van der Waals surface area contributed by atoms with Gasteiger partial charge in [-0.25, -0.2) is 0 Å². The fourth-order valence-electron chi connectivity index (χ4n) is 0.621. The molecule has 0 radical (unpaired) electrons. The first-order valence-corrected chi connectivity index (χ1v) is 4.00. The molecule has 0 saturated heterocycles. The maximum absolute atomic E-state index is 7.20. The van der Waals surface area contributed by atoms with Crippen molar-refractivity contribution in [1.29, 1.82) is 0 Å². The highest BCUT2D eigenvalue weighted by Gasteiger charge is 2.17. The summed E-state index contributed by atoms with van der Waals surface area (Å²) < 4.78 is 0. The van der Waals surface area contributed by atoms with Crippen LogP contribution in [0.15, 0.2) is 6.20 Å². The fourth-order valence-corrected chi connectivity index (χ4v) is 1.35. The second-order valence-electron chi connectivity index (χ2n) is 3.28. The first-order valence-electron chi connectivity index (χ1n) is 3.18. The van der Waals surface area contributed by atoms with Crippen LogP contribution >= 0.6 is 11.3 Å². The predicted octanol–water partition coefficient (Wildman–Crippen LogP) is 1.88. The van der Waals surface area contributed by atoms with Crippen LogP contribution in [0.2, 0.25) is 0 Å². The lowest BCUT2D eigenvalue weighted by atomic mass is 9.96. The van der Waals surface area contributed by atoms with E-state index < -0.39 is 0 Å². The number of rotatable bonds is 0. The summed E-state index contributed by atoms with van der Waals surface area (Å²) >= 11 is 1.45. The van der Waals surface area contributed by atoms with Crippen LogP contribution in [0.3, 0.4) is 0 Å². The topological polar surface area (TPSA) is 35.8 Å². The van der Waals surface area contributed by atoms with Gasteiger partial charge in [-0.3, -0.25) is 0 Å². The number of aromatic nitrogens is 1. The molecule has 0 aliphatic carbocycles. The van der Waals surface area contributed by atoms with Crippen molar-refractivity contribution in [3.8, 4) is 5.19 Å². The molecule has 0 aromatic carbocycles. The molecular formula is C7H12NOS+. The van der Waals surface area contributed by atoms with Crippen molar-refractivity contribution in [1.82, 2.24) is 4.98 Å². The van der Waals surface area contributed by atoms with E-state index in [1.165, 1.54) is 16.2 Å². The first kappa shape index (κ1) is 7.54. The Hall–Kier alpha value is -0.570. The Labute approximate surface area is 64.5 Å². The molecule has 0 unspecified atom stereocenters. The monoisotopic (exact) mass is 158 g/mol. The molecule has 0 spiro atoms. The maximum atomic E-state index is 7.20. The van der Waals surface area contributed by atoms with Crippen molar-refractivity contribution >= 4 is 11.3 Å². The third-order valence-electron chi connectivity index (χ3n) is 1.24.